The van der Waals surface area contributed by atoms with Gasteiger partial charge in [-0.3, -0.25) is 4.79 Å². The van der Waals surface area contributed by atoms with E-state index in [-0.39, 0.29) is 12.0 Å². The second-order valence-electron chi connectivity index (χ2n) is 5.90. The number of methoxy groups -OCH3 is 1. The van der Waals surface area contributed by atoms with Crippen LogP contribution in [0.2, 0.25) is 0 Å². The number of sulfonamides is 1. The van der Waals surface area contributed by atoms with Crippen LogP contribution in [0.25, 0.3) is 0 Å². The number of hydrogen-bond donors (Lipinski definition) is 1. The van der Waals surface area contributed by atoms with Gasteiger partial charge in [0.1, 0.15) is 0 Å². The Morgan fingerprint density at radius 1 is 1.28 bits per heavy atom. The molecule has 1 amide bonds. The molecule has 0 aromatic heterocycles. The third kappa shape index (κ3) is 6.91. The Morgan fingerprint density at radius 3 is 2.48 bits per heavy atom. The van der Waals surface area contributed by atoms with Gasteiger partial charge in [0.2, 0.25) is 10.0 Å². The Morgan fingerprint density at radius 2 is 1.96 bits per heavy atom. The molecule has 1 rings (SSSR count). The molecular weight excluding hydrogens is 344 g/mol. The number of carbonyl (C=O) groups is 1. The number of ether oxygens (including phenoxy) is 2. The zero-order valence-corrected chi connectivity index (χ0v) is 16.4. The largest absolute Gasteiger partial charge is 0.493 e. The van der Waals surface area contributed by atoms with Crippen LogP contribution < -0.4 is 14.8 Å². The Hall–Kier alpha value is -1.80. The second-order valence-corrected chi connectivity index (χ2v) is 7.88. The standard InChI is InChI=1S/C17H28N2O5S/c1-6-19(25(5,21)22)11-7-10-18-17(20)14-8-9-15(24-13(2)3)16(12-14)23-4/h8-9,12-13H,6-7,10-11H2,1-5H3,(H,18,20). The van der Waals surface area contributed by atoms with Gasteiger partial charge < -0.3 is 14.8 Å². The molecular formula is C17H28N2O5S. The second kappa shape index (κ2) is 9.62. The molecule has 0 heterocycles. The molecule has 0 unspecified atom stereocenters. The fourth-order valence-corrected chi connectivity index (χ4v) is 3.21. The van der Waals surface area contributed by atoms with Crippen LogP contribution in [0.5, 0.6) is 11.5 Å². The van der Waals surface area contributed by atoms with Crippen LogP contribution in [0.3, 0.4) is 0 Å². The van der Waals surface area contributed by atoms with Crippen molar-refractivity contribution in [2.45, 2.75) is 33.3 Å². The highest BCUT2D eigenvalue weighted by molar-refractivity contribution is 7.88. The van der Waals surface area contributed by atoms with Gasteiger partial charge in [-0.25, -0.2) is 12.7 Å². The van der Waals surface area contributed by atoms with Crippen molar-refractivity contribution < 1.29 is 22.7 Å². The van der Waals surface area contributed by atoms with Gasteiger partial charge in [-0.2, -0.15) is 0 Å². The molecule has 0 bridgehead atoms. The van der Waals surface area contributed by atoms with Gasteiger partial charge in [0.25, 0.3) is 5.91 Å². The van der Waals surface area contributed by atoms with Crippen molar-refractivity contribution >= 4 is 15.9 Å². The zero-order chi connectivity index (χ0) is 19.0. The highest BCUT2D eigenvalue weighted by Crippen LogP contribution is 2.28. The maximum absolute atomic E-state index is 12.2. The summed E-state index contributed by atoms with van der Waals surface area (Å²) in [5, 5.41) is 2.78. The molecule has 0 aliphatic rings. The predicted octanol–water partition coefficient (Wildman–Crippen LogP) is 1.88. The quantitative estimate of drug-likeness (QED) is 0.634. The highest BCUT2D eigenvalue weighted by atomic mass is 32.2. The van der Waals surface area contributed by atoms with E-state index in [4.69, 9.17) is 9.47 Å². The summed E-state index contributed by atoms with van der Waals surface area (Å²) in [6.45, 7) is 6.79. The van der Waals surface area contributed by atoms with Crippen molar-refractivity contribution in [2.24, 2.45) is 0 Å². The van der Waals surface area contributed by atoms with E-state index in [9.17, 15) is 13.2 Å². The Labute approximate surface area is 150 Å². The first-order valence-corrected chi connectivity index (χ1v) is 10.1. The van der Waals surface area contributed by atoms with Crippen molar-refractivity contribution in [3.05, 3.63) is 23.8 Å². The predicted molar refractivity (Wildman–Crippen MR) is 97.8 cm³/mol. The molecule has 0 aliphatic heterocycles. The van der Waals surface area contributed by atoms with Crippen molar-refractivity contribution in [1.29, 1.82) is 0 Å². The molecule has 0 saturated heterocycles. The SMILES string of the molecule is CCN(CCCNC(=O)c1ccc(OC(C)C)c(OC)c1)S(C)(=O)=O. The lowest BCUT2D eigenvalue weighted by atomic mass is 10.2. The third-order valence-corrected chi connectivity index (χ3v) is 4.86. The summed E-state index contributed by atoms with van der Waals surface area (Å²) >= 11 is 0. The lowest BCUT2D eigenvalue weighted by molar-refractivity contribution is 0.0952. The summed E-state index contributed by atoms with van der Waals surface area (Å²) in [6, 6.07) is 5.00. The van der Waals surface area contributed by atoms with E-state index in [1.54, 1.807) is 25.1 Å². The first-order valence-electron chi connectivity index (χ1n) is 8.27. The van der Waals surface area contributed by atoms with Crippen LogP contribution in [-0.2, 0) is 10.0 Å². The summed E-state index contributed by atoms with van der Waals surface area (Å²) < 4.78 is 35.3. The fraction of sp³-hybridized carbons (Fsp3) is 0.588. The average Bonchev–Trinajstić information content (AvgIpc) is 2.53. The maximum Gasteiger partial charge on any atom is 0.251 e. The molecule has 1 aromatic carbocycles. The summed E-state index contributed by atoms with van der Waals surface area (Å²) in [6.07, 6.45) is 1.73. The number of rotatable bonds is 10. The number of nitrogens with one attached hydrogen (secondary N) is 1. The summed E-state index contributed by atoms with van der Waals surface area (Å²) in [5.74, 6) is 0.841. The lowest BCUT2D eigenvalue weighted by Gasteiger charge is -2.17. The Kier molecular flexibility index (Phi) is 8.18. The first-order chi connectivity index (χ1) is 11.7. The van der Waals surface area contributed by atoms with E-state index in [0.29, 0.717) is 43.1 Å². The normalized spacial score (nSPS) is 11.6. The number of hydrogen-bond acceptors (Lipinski definition) is 5. The smallest absolute Gasteiger partial charge is 0.251 e. The molecule has 0 spiro atoms. The van der Waals surface area contributed by atoms with E-state index in [2.05, 4.69) is 5.32 Å². The van der Waals surface area contributed by atoms with Crippen molar-refractivity contribution in [3.8, 4) is 11.5 Å². The summed E-state index contributed by atoms with van der Waals surface area (Å²) in [4.78, 5) is 12.2. The van der Waals surface area contributed by atoms with Crippen LogP contribution >= 0.6 is 0 Å². The number of benzene rings is 1. The molecule has 8 heteroatoms. The monoisotopic (exact) mass is 372 g/mol. The van der Waals surface area contributed by atoms with Gasteiger partial charge in [-0.05, 0) is 38.5 Å². The van der Waals surface area contributed by atoms with E-state index in [0.717, 1.165) is 0 Å². The molecule has 0 fully saturated rings. The molecule has 0 radical (unpaired) electrons. The molecule has 0 saturated carbocycles. The van der Waals surface area contributed by atoms with E-state index >= 15 is 0 Å². The molecule has 1 aromatic rings. The molecule has 0 aliphatic carbocycles. The topological polar surface area (TPSA) is 84.9 Å². The van der Waals surface area contributed by atoms with Gasteiger partial charge in [0, 0.05) is 25.2 Å². The minimum atomic E-state index is -3.20. The van der Waals surface area contributed by atoms with Gasteiger partial charge in [0.15, 0.2) is 11.5 Å². The summed E-state index contributed by atoms with van der Waals surface area (Å²) in [5.41, 5.74) is 0.461. The van der Waals surface area contributed by atoms with Crippen LogP contribution in [0.15, 0.2) is 18.2 Å². The average molecular weight is 372 g/mol. The van der Waals surface area contributed by atoms with E-state index in [1.165, 1.54) is 17.7 Å². The molecule has 0 atom stereocenters. The van der Waals surface area contributed by atoms with Crippen molar-refractivity contribution in [2.75, 3.05) is 33.0 Å². The van der Waals surface area contributed by atoms with E-state index in [1.807, 2.05) is 13.8 Å². The van der Waals surface area contributed by atoms with Crippen molar-refractivity contribution in [3.63, 3.8) is 0 Å². The lowest BCUT2D eigenvalue weighted by Crippen LogP contribution is -2.33. The number of carbonyl (C=O) groups excluding carboxylic acids is 1. The highest BCUT2D eigenvalue weighted by Gasteiger charge is 2.14. The maximum atomic E-state index is 12.2. The Bertz CT molecular complexity index is 674. The van der Waals surface area contributed by atoms with Gasteiger partial charge in [-0.15, -0.1) is 0 Å². The third-order valence-electron chi connectivity index (χ3n) is 3.48. The molecule has 142 valence electrons. The fourth-order valence-electron chi connectivity index (χ4n) is 2.28. The minimum Gasteiger partial charge on any atom is -0.493 e. The number of amides is 1. The van der Waals surface area contributed by atoms with Crippen LogP contribution in [0, 0.1) is 0 Å². The van der Waals surface area contributed by atoms with Gasteiger partial charge in [-0.1, -0.05) is 6.92 Å². The molecule has 25 heavy (non-hydrogen) atoms. The number of nitrogens with zero attached hydrogens (tertiary/aromatic N) is 1. The van der Waals surface area contributed by atoms with Crippen molar-refractivity contribution in [1.82, 2.24) is 9.62 Å². The molecule has 1 N–H and O–H groups in total. The van der Waals surface area contributed by atoms with Gasteiger partial charge >= 0.3 is 0 Å². The molecule has 7 nitrogen and oxygen atoms in total. The van der Waals surface area contributed by atoms with E-state index < -0.39 is 10.0 Å². The zero-order valence-electron chi connectivity index (χ0n) is 15.5. The minimum absolute atomic E-state index is 0.00457. The Balaban J connectivity index is 2.60. The summed E-state index contributed by atoms with van der Waals surface area (Å²) in [7, 11) is -1.68. The van der Waals surface area contributed by atoms with Crippen LogP contribution in [0.1, 0.15) is 37.6 Å². The first kappa shape index (κ1) is 21.2. The van der Waals surface area contributed by atoms with Gasteiger partial charge in [0.05, 0.1) is 19.5 Å². The van der Waals surface area contributed by atoms with Crippen LogP contribution in [0.4, 0.5) is 0 Å². The van der Waals surface area contributed by atoms with Crippen LogP contribution in [-0.4, -0.2) is 57.7 Å².